The Morgan fingerprint density at radius 1 is 1.25 bits per heavy atom. The van der Waals surface area contributed by atoms with Gasteiger partial charge in [0.25, 0.3) is 10.0 Å². The Labute approximate surface area is 198 Å². The molecule has 1 aliphatic heterocycles. The Morgan fingerprint density at radius 2 is 1.97 bits per heavy atom. The molecule has 0 N–H and O–H groups in total. The summed E-state index contributed by atoms with van der Waals surface area (Å²) in [4.78, 5) is 23.1. The van der Waals surface area contributed by atoms with Crippen molar-refractivity contribution < 1.29 is 13.2 Å². The zero-order chi connectivity index (χ0) is 22.8. The molecule has 4 heterocycles. The van der Waals surface area contributed by atoms with E-state index < -0.39 is 10.0 Å². The van der Waals surface area contributed by atoms with E-state index in [9.17, 15) is 13.2 Å². The maximum absolute atomic E-state index is 13.4. The van der Waals surface area contributed by atoms with E-state index in [0.29, 0.717) is 34.4 Å². The van der Waals surface area contributed by atoms with Crippen LogP contribution in [0.2, 0.25) is 5.02 Å². The summed E-state index contributed by atoms with van der Waals surface area (Å²) in [7, 11) is -3.93. The van der Waals surface area contributed by atoms with Gasteiger partial charge in [-0.2, -0.15) is 0 Å². The predicted octanol–water partition coefficient (Wildman–Crippen LogP) is 4.14. The number of likely N-dealkylation sites (tertiary alicyclic amines) is 1. The molecular weight excluding hydrogens is 518 g/mol. The molecule has 0 bridgehead atoms. The Morgan fingerprint density at radius 3 is 2.66 bits per heavy atom. The molecule has 1 aromatic carbocycles. The van der Waals surface area contributed by atoms with Crippen LogP contribution in [0.4, 0.5) is 0 Å². The number of fused-ring (bicyclic) bond motifs is 3. The normalized spacial score (nSPS) is 17.0. The van der Waals surface area contributed by atoms with Crippen molar-refractivity contribution >= 4 is 60.1 Å². The molecule has 11 heteroatoms. The molecular formula is C21H18BrClN5O3S. The molecule has 5 rings (SSSR count). The lowest BCUT2D eigenvalue weighted by atomic mass is 10.2. The fourth-order valence-corrected chi connectivity index (χ4v) is 6.20. The van der Waals surface area contributed by atoms with Crippen LogP contribution in [0.15, 0.2) is 46.2 Å². The lowest BCUT2D eigenvalue weighted by molar-refractivity contribution is -0.129. The van der Waals surface area contributed by atoms with E-state index in [1.165, 1.54) is 13.1 Å². The summed E-state index contributed by atoms with van der Waals surface area (Å²) in [5.41, 5.74) is 2.19. The van der Waals surface area contributed by atoms with Crippen molar-refractivity contribution in [2.24, 2.45) is 0 Å². The highest BCUT2D eigenvalue weighted by Crippen LogP contribution is 2.37. The van der Waals surface area contributed by atoms with E-state index in [-0.39, 0.29) is 27.5 Å². The molecule has 1 aliphatic rings. The fraction of sp³-hybridized carbons (Fsp3) is 0.238. The number of carbonyl (C=O) groups excluding carboxylic acids is 1. The van der Waals surface area contributed by atoms with Gasteiger partial charge in [0.05, 0.1) is 27.7 Å². The fourth-order valence-electron chi connectivity index (χ4n) is 4.10. The van der Waals surface area contributed by atoms with Crippen molar-refractivity contribution in [3.05, 3.63) is 64.1 Å². The maximum Gasteiger partial charge on any atom is 0.269 e. The van der Waals surface area contributed by atoms with Gasteiger partial charge >= 0.3 is 0 Å². The van der Waals surface area contributed by atoms with Crippen molar-refractivity contribution in [2.75, 3.05) is 6.54 Å². The van der Waals surface area contributed by atoms with Crippen molar-refractivity contribution in [1.29, 1.82) is 0 Å². The van der Waals surface area contributed by atoms with Crippen LogP contribution in [0.1, 0.15) is 30.8 Å². The zero-order valence-electron chi connectivity index (χ0n) is 17.2. The molecule has 1 atom stereocenters. The largest absolute Gasteiger partial charge is 0.332 e. The molecule has 0 spiro atoms. The van der Waals surface area contributed by atoms with Crippen LogP contribution in [0, 0.1) is 13.3 Å². The molecule has 0 saturated carbocycles. The van der Waals surface area contributed by atoms with Crippen LogP contribution < -0.4 is 0 Å². The Balaban J connectivity index is 1.78. The van der Waals surface area contributed by atoms with Gasteiger partial charge < -0.3 is 4.90 Å². The van der Waals surface area contributed by atoms with Gasteiger partial charge in [-0.3, -0.25) is 9.20 Å². The van der Waals surface area contributed by atoms with Crippen LogP contribution in [-0.4, -0.2) is 44.1 Å². The summed E-state index contributed by atoms with van der Waals surface area (Å²) in [6, 6.07) is 6.31. The number of aryl methyl sites for hydroxylation is 1. The van der Waals surface area contributed by atoms with E-state index in [4.69, 9.17) is 11.6 Å². The molecule has 165 valence electrons. The van der Waals surface area contributed by atoms with Crippen molar-refractivity contribution in [1.82, 2.24) is 23.2 Å². The van der Waals surface area contributed by atoms with Gasteiger partial charge in [0, 0.05) is 19.7 Å². The van der Waals surface area contributed by atoms with Gasteiger partial charge in [-0.25, -0.2) is 22.4 Å². The Hall–Kier alpha value is -2.43. The number of halogens is 2. The van der Waals surface area contributed by atoms with Crippen molar-refractivity contribution in [2.45, 2.75) is 31.2 Å². The number of aromatic nitrogens is 4. The van der Waals surface area contributed by atoms with Crippen LogP contribution in [0.25, 0.3) is 16.7 Å². The predicted molar refractivity (Wildman–Crippen MR) is 124 cm³/mol. The maximum atomic E-state index is 13.4. The number of amides is 1. The van der Waals surface area contributed by atoms with Crippen LogP contribution >= 0.6 is 27.5 Å². The number of hydrogen-bond acceptors (Lipinski definition) is 5. The second kappa shape index (κ2) is 7.57. The minimum Gasteiger partial charge on any atom is -0.332 e. The standard InChI is InChI=1S/C21H18BrClN5O3S/c1-12-5-7-14(8-6-12)32(30,31)27-11-15(23)18-21(27)24-10-17-19(22)25-20(28(17)18)16-4-3-9-26(16)13(2)29/h3,5-8,10-11,16H,4,9H2,1-2H3/t16-/m1/s1. The van der Waals surface area contributed by atoms with Gasteiger partial charge in [-0.15, -0.1) is 0 Å². The summed E-state index contributed by atoms with van der Waals surface area (Å²) < 4.78 is 30.2. The molecule has 1 saturated heterocycles. The van der Waals surface area contributed by atoms with E-state index in [1.54, 1.807) is 39.8 Å². The molecule has 4 aromatic rings. The Kier molecular flexibility index (Phi) is 5.06. The van der Waals surface area contributed by atoms with E-state index in [0.717, 1.165) is 9.54 Å². The minimum atomic E-state index is -3.93. The summed E-state index contributed by atoms with van der Waals surface area (Å²) in [5, 5.41) is 0.219. The number of carbonyl (C=O) groups is 1. The smallest absolute Gasteiger partial charge is 0.269 e. The third kappa shape index (κ3) is 3.15. The number of benzene rings is 1. The van der Waals surface area contributed by atoms with Crippen LogP contribution in [0.5, 0.6) is 0 Å². The second-order valence-electron chi connectivity index (χ2n) is 7.71. The van der Waals surface area contributed by atoms with E-state index in [2.05, 4.69) is 25.9 Å². The number of hydrogen-bond donors (Lipinski definition) is 0. The quantitative estimate of drug-likeness (QED) is 0.393. The molecule has 32 heavy (non-hydrogen) atoms. The molecule has 1 amide bonds. The first-order valence-corrected chi connectivity index (χ1v) is 12.5. The van der Waals surface area contributed by atoms with Gasteiger partial charge in [0.1, 0.15) is 15.9 Å². The molecule has 3 aromatic heterocycles. The third-order valence-corrected chi connectivity index (χ3v) is 8.20. The molecule has 8 nitrogen and oxygen atoms in total. The zero-order valence-corrected chi connectivity index (χ0v) is 20.3. The monoisotopic (exact) mass is 534 g/mol. The lowest BCUT2D eigenvalue weighted by Gasteiger charge is -2.22. The van der Waals surface area contributed by atoms with Crippen LogP contribution in [-0.2, 0) is 14.8 Å². The summed E-state index contributed by atoms with van der Waals surface area (Å²) >= 11 is 10.1. The first kappa shape index (κ1) is 21.4. The van der Waals surface area contributed by atoms with E-state index in [1.807, 2.05) is 13.3 Å². The average Bonchev–Trinajstić information content (AvgIpc) is 3.44. The Bertz CT molecular complexity index is 1490. The van der Waals surface area contributed by atoms with Crippen molar-refractivity contribution in [3.63, 3.8) is 0 Å². The van der Waals surface area contributed by atoms with Crippen molar-refractivity contribution in [3.8, 4) is 0 Å². The third-order valence-electron chi connectivity index (χ3n) is 5.68. The second-order valence-corrected chi connectivity index (χ2v) is 10.7. The summed E-state index contributed by atoms with van der Waals surface area (Å²) in [6.07, 6.45) is 5.56. The van der Waals surface area contributed by atoms with Gasteiger partial charge in [0.2, 0.25) is 5.91 Å². The lowest BCUT2D eigenvalue weighted by Crippen LogP contribution is -2.29. The summed E-state index contributed by atoms with van der Waals surface area (Å²) in [6.45, 7) is 3.93. The topological polar surface area (TPSA) is 89.6 Å². The number of imidazole rings is 1. The highest BCUT2D eigenvalue weighted by molar-refractivity contribution is 9.10. The van der Waals surface area contributed by atoms with Gasteiger partial charge in [0.15, 0.2) is 5.65 Å². The first-order chi connectivity index (χ1) is 15.2. The minimum absolute atomic E-state index is 0.0625. The average molecular weight is 536 g/mol. The highest BCUT2D eigenvalue weighted by Gasteiger charge is 2.33. The number of nitrogens with zero attached hydrogens (tertiary/aromatic N) is 5. The number of rotatable bonds is 3. The SMILES string of the molecule is CC(=O)N1C[CH]C[C@@H]1c1nc(Br)c2cnc3c(c(Cl)cn3S(=O)(=O)c3ccc(C)cc3)n12. The van der Waals surface area contributed by atoms with Gasteiger partial charge in [-0.05, 0) is 47.8 Å². The molecule has 0 aliphatic carbocycles. The molecule has 1 fully saturated rings. The van der Waals surface area contributed by atoms with Crippen LogP contribution in [0.3, 0.4) is 0 Å². The van der Waals surface area contributed by atoms with E-state index >= 15 is 0 Å². The molecule has 0 unspecified atom stereocenters. The highest BCUT2D eigenvalue weighted by atomic mass is 79.9. The molecule has 1 radical (unpaired) electrons. The van der Waals surface area contributed by atoms with Gasteiger partial charge in [-0.1, -0.05) is 29.3 Å². The first-order valence-electron chi connectivity index (χ1n) is 9.84. The summed E-state index contributed by atoms with van der Waals surface area (Å²) in [5.74, 6) is 0.531.